The lowest BCUT2D eigenvalue weighted by Gasteiger charge is -2.35. The number of hydrogen-bond donors (Lipinski definition) is 2. The smallest absolute Gasteiger partial charge is 0.229 e. The molecule has 6 heterocycles. The van der Waals surface area contributed by atoms with Crippen molar-refractivity contribution >= 4 is 63.8 Å². The summed E-state index contributed by atoms with van der Waals surface area (Å²) in [7, 11) is 3.48. The molecule has 0 amide bonds. The van der Waals surface area contributed by atoms with Gasteiger partial charge < -0.3 is 39.5 Å². The van der Waals surface area contributed by atoms with Crippen LogP contribution in [0.5, 0.6) is 11.5 Å². The number of rotatable bonds is 6. The van der Waals surface area contributed by atoms with Crippen molar-refractivity contribution in [3.05, 3.63) is 171 Å². The molecule has 14 nitrogen and oxygen atoms in total. The van der Waals surface area contributed by atoms with E-state index in [1.54, 1.807) is 82.3 Å². The van der Waals surface area contributed by atoms with Crippen LogP contribution in [0.1, 0.15) is 42.0 Å². The van der Waals surface area contributed by atoms with E-state index in [-0.39, 0.29) is 47.7 Å². The average Bonchev–Trinajstić information content (AvgIpc) is 3.95. The number of imidazole rings is 2. The van der Waals surface area contributed by atoms with Gasteiger partial charge in [-0.3, -0.25) is 0 Å². The molecular weight excluding hydrogens is 985 g/mol. The van der Waals surface area contributed by atoms with Gasteiger partial charge in [0.2, 0.25) is 11.2 Å². The Morgan fingerprint density at radius 1 is 0.600 bits per heavy atom. The number of benzene rings is 4. The number of anilines is 5. The van der Waals surface area contributed by atoms with Gasteiger partial charge in [-0.2, -0.15) is 9.97 Å². The predicted molar refractivity (Wildman–Crippen MR) is 256 cm³/mol. The maximum Gasteiger partial charge on any atom is 0.229 e. The highest BCUT2D eigenvalue weighted by Crippen LogP contribution is 2.41. The third-order valence-electron chi connectivity index (χ3n) is 10.8. The summed E-state index contributed by atoms with van der Waals surface area (Å²) in [6.07, 6.45) is 9.55. The molecule has 70 heavy (non-hydrogen) atoms. The first kappa shape index (κ1) is 50.6. The van der Waals surface area contributed by atoms with Crippen LogP contribution in [0.25, 0.3) is 11.4 Å². The zero-order valence-electron chi connectivity index (χ0n) is 36.6. The van der Waals surface area contributed by atoms with Crippen LogP contribution in [-0.4, -0.2) is 66.3 Å². The highest BCUT2D eigenvalue weighted by molar-refractivity contribution is 6.31. The van der Waals surface area contributed by atoms with Crippen molar-refractivity contribution in [2.45, 2.75) is 33.4 Å². The van der Waals surface area contributed by atoms with Gasteiger partial charge in [0.25, 0.3) is 0 Å². The molecule has 4 aromatic carbocycles. The van der Waals surface area contributed by atoms with E-state index < -0.39 is 41.2 Å². The van der Waals surface area contributed by atoms with Crippen molar-refractivity contribution in [1.29, 1.82) is 0 Å². The summed E-state index contributed by atoms with van der Waals surface area (Å²) in [4.78, 5) is 28.2. The minimum atomic E-state index is -1.02. The molecule has 0 saturated carbocycles. The summed E-state index contributed by atoms with van der Waals surface area (Å²) in [5, 5.41) is 3.25. The van der Waals surface area contributed by atoms with Crippen LogP contribution in [0, 0.1) is 48.8 Å². The molecule has 2 aliphatic heterocycles. The highest BCUT2D eigenvalue weighted by atomic mass is 35.5. The fourth-order valence-electron chi connectivity index (χ4n) is 7.27. The number of likely N-dealkylation sites (N-methyl/N-ethyl adjacent to an activating group) is 2. The minimum Gasteiger partial charge on any atom is -0.486 e. The number of nitrogens with one attached hydrogen (secondary N) is 1. The van der Waals surface area contributed by atoms with Gasteiger partial charge in [-0.05, 0) is 97.2 Å². The van der Waals surface area contributed by atoms with E-state index in [0.717, 1.165) is 35.7 Å². The lowest BCUT2D eigenvalue weighted by atomic mass is 10.0. The van der Waals surface area contributed by atoms with Crippen molar-refractivity contribution in [2.24, 2.45) is 0 Å². The van der Waals surface area contributed by atoms with Crippen molar-refractivity contribution in [2.75, 3.05) is 48.2 Å². The largest absolute Gasteiger partial charge is 0.486 e. The van der Waals surface area contributed by atoms with Crippen LogP contribution >= 0.6 is 34.8 Å². The van der Waals surface area contributed by atoms with E-state index in [0.29, 0.717) is 57.0 Å². The molecule has 10 rings (SSSR count). The zero-order chi connectivity index (χ0) is 49.3. The topological polar surface area (TPSA) is 150 Å². The number of hydrogen-bond acceptors (Lipinski definition) is 12. The van der Waals surface area contributed by atoms with Gasteiger partial charge in [0.05, 0.1) is 59.9 Å². The fourth-order valence-corrected chi connectivity index (χ4v) is 7.95. The van der Waals surface area contributed by atoms with Gasteiger partial charge in [-0.15, -0.1) is 0 Å². The second-order valence-corrected chi connectivity index (χ2v) is 16.7. The van der Waals surface area contributed by atoms with Crippen molar-refractivity contribution in [3.63, 3.8) is 0 Å². The minimum absolute atomic E-state index is 0. The number of aromatic nitrogens is 8. The number of nitrogens with zero attached hydrogens (tertiary/aromatic N) is 10. The summed E-state index contributed by atoms with van der Waals surface area (Å²) in [5.41, 5.74) is 9.53. The fraction of sp³-hybridized carbons (Fsp3) is 0.191. The Kier molecular flexibility index (Phi) is 15.3. The van der Waals surface area contributed by atoms with E-state index >= 15 is 0 Å². The van der Waals surface area contributed by atoms with Crippen LogP contribution in [0.15, 0.2) is 98.1 Å². The van der Waals surface area contributed by atoms with Gasteiger partial charge >= 0.3 is 0 Å². The SMILES string of the molecule is C.CN1c2nc(Cl)ncc2OCC1c1cc(F)c(F)cc1Cl.Cc1cn(-c2ccc(N)cc2F)cn1.Cc1cn(-c2ccc(Nc3ncc4c(n3)N(C)C(c3cc(F)c(F)cc3Cl)CO4)cc2F)cn1. The number of ether oxygens (including phenoxy) is 2. The van der Waals surface area contributed by atoms with Gasteiger partial charge in [0, 0.05) is 47.9 Å². The molecule has 23 heteroatoms. The number of aryl methyl sites for hydroxylation is 2. The van der Waals surface area contributed by atoms with E-state index in [1.165, 1.54) is 24.5 Å². The van der Waals surface area contributed by atoms with Crippen LogP contribution in [0.2, 0.25) is 15.3 Å². The molecule has 2 atom stereocenters. The van der Waals surface area contributed by atoms with E-state index in [2.05, 4.69) is 35.2 Å². The second kappa shape index (κ2) is 21.1. The summed E-state index contributed by atoms with van der Waals surface area (Å²) >= 11 is 17.9. The van der Waals surface area contributed by atoms with Crippen LogP contribution in [0.3, 0.4) is 0 Å². The normalized spacial score (nSPS) is 14.6. The Hall–Kier alpha value is -7.29. The molecule has 0 radical (unpaired) electrons. The first-order valence-corrected chi connectivity index (χ1v) is 21.6. The Bertz CT molecular complexity index is 3200. The van der Waals surface area contributed by atoms with Gasteiger partial charge in [0.1, 0.15) is 24.8 Å². The maximum absolute atomic E-state index is 14.7. The molecule has 3 N–H and O–H groups in total. The molecule has 4 aromatic heterocycles. The Morgan fingerprint density at radius 3 is 1.56 bits per heavy atom. The summed E-state index contributed by atoms with van der Waals surface area (Å²) < 4.78 is 96.6. The van der Waals surface area contributed by atoms with E-state index in [4.69, 9.17) is 50.0 Å². The highest BCUT2D eigenvalue weighted by Gasteiger charge is 2.32. The molecular formula is C47H41Cl3F6N12O2. The van der Waals surface area contributed by atoms with Gasteiger partial charge in [-0.1, -0.05) is 30.6 Å². The number of nitrogen functional groups attached to an aromatic ring is 1. The van der Waals surface area contributed by atoms with Crippen LogP contribution < -0.4 is 30.3 Å². The monoisotopic (exact) mass is 1020 g/mol. The predicted octanol–water partition coefficient (Wildman–Crippen LogP) is 11.5. The van der Waals surface area contributed by atoms with Crippen LogP contribution in [0.4, 0.5) is 55.3 Å². The Labute approximate surface area is 412 Å². The summed E-state index contributed by atoms with van der Waals surface area (Å²) in [5.74, 6) is -2.80. The number of halogens is 9. The quantitative estimate of drug-likeness (QED) is 0.0706. The van der Waals surface area contributed by atoms with Crippen molar-refractivity contribution in [1.82, 2.24) is 39.0 Å². The molecule has 364 valence electrons. The standard InChI is InChI=1S/C23H18ClF3N6O.C13H9Cl2F2N3O.C10H10FN3.CH4/c1-12-9-33(11-29-12)19-4-3-13(5-18(19)27)30-23-28-8-21-22(31-23)32(2)20(10-34-21)14-6-16(25)17(26)7-15(14)24;1-20-10(6-2-8(16)9(17)3-7(6)14)5-21-11-4-18-13(15)19-12(11)20;1-7-5-14(6-13-7)10-3-2-8(12)4-9(10)11;/h3-9,11,20H,10H2,1-2H3,(H,28,30,31);2-4,10H,5H2,1H3;2-6H,12H2,1H3;1H4. The maximum atomic E-state index is 14.7. The van der Waals surface area contributed by atoms with E-state index in [1.807, 2.05) is 13.8 Å². The summed E-state index contributed by atoms with van der Waals surface area (Å²) in [6.45, 7) is 4.03. The molecule has 2 unspecified atom stereocenters. The lowest BCUT2D eigenvalue weighted by Crippen LogP contribution is -2.34. The Morgan fingerprint density at radius 2 is 1.07 bits per heavy atom. The molecule has 0 fully saturated rings. The average molecular weight is 1030 g/mol. The van der Waals surface area contributed by atoms with Crippen molar-refractivity contribution in [3.8, 4) is 22.9 Å². The molecule has 0 spiro atoms. The number of fused-ring (bicyclic) bond motifs is 2. The molecule has 0 bridgehead atoms. The third-order valence-corrected chi connectivity index (χ3v) is 11.6. The summed E-state index contributed by atoms with van der Waals surface area (Å²) in [6, 6.07) is 12.3. The van der Waals surface area contributed by atoms with E-state index in [9.17, 15) is 26.3 Å². The van der Waals surface area contributed by atoms with Gasteiger partial charge in [-0.25, -0.2) is 46.3 Å². The first-order valence-electron chi connectivity index (χ1n) is 20.5. The second-order valence-electron chi connectivity index (χ2n) is 15.5. The molecule has 0 saturated heterocycles. The molecule has 2 aliphatic rings. The van der Waals surface area contributed by atoms with Crippen LogP contribution in [-0.2, 0) is 0 Å². The first-order chi connectivity index (χ1) is 32.9. The zero-order valence-corrected chi connectivity index (χ0v) is 38.8. The molecule has 0 aliphatic carbocycles. The van der Waals surface area contributed by atoms with Gasteiger partial charge in [0.15, 0.2) is 46.4 Å². The number of nitrogens with two attached hydrogens (primary N) is 1. The third kappa shape index (κ3) is 10.9. The molecule has 8 aromatic rings. The van der Waals surface area contributed by atoms with Crippen molar-refractivity contribution < 1.29 is 35.8 Å². The Balaban J connectivity index is 0.000000170. The lowest BCUT2D eigenvalue weighted by molar-refractivity contribution is 0.264.